The lowest BCUT2D eigenvalue weighted by molar-refractivity contribution is -0.325. The van der Waals surface area contributed by atoms with Crippen LogP contribution in [0.2, 0.25) is 0 Å². The van der Waals surface area contributed by atoms with Crippen LogP contribution in [-0.2, 0) is 0 Å². The van der Waals surface area contributed by atoms with E-state index < -0.39 is 34.3 Å². The van der Waals surface area contributed by atoms with E-state index in [-0.39, 0.29) is 0 Å². The van der Waals surface area contributed by atoms with Gasteiger partial charge < -0.3 is 31.6 Å². The predicted octanol–water partition coefficient (Wildman–Crippen LogP) is -6.01. The maximum absolute atomic E-state index is 10.2. The van der Waals surface area contributed by atoms with E-state index in [1.165, 1.54) is 0 Å². The van der Waals surface area contributed by atoms with Gasteiger partial charge in [-0.05, 0) is 11.8 Å². The Hall–Kier alpha value is -3.12. The Morgan fingerprint density at radius 3 is 1.14 bits per heavy atom. The number of quaternary nitrogens is 2. The van der Waals surface area contributed by atoms with Crippen LogP contribution >= 0.6 is 0 Å². The van der Waals surface area contributed by atoms with E-state index >= 15 is 0 Å². The molecule has 12 heteroatoms. The maximum atomic E-state index is 10.2. The average molecular weight is 318 g/mol. The van der Waals surface area contributed by atoms with E-state index in [1.54, 1.807) is 14.1 Å². The highest BCUT2D eigenvalue weighted by atomic mass is 16.3. The molecule has 2 aromatic heterocycles. The molecule has 0 aliphatic carbocycles. The normalized spacial score (nSPS) is 8.18. The van der Waals surface area contributed by atoms with Crippen molar-refractivity contribution in [3.8, 4) is 11.8 Å². The number of H-pyrrole nitrogens is 4. The molecule has 0 aliphatic rings. The summed E-state index contributed by atoms with van der Waals surface area (Å²) in [7, 11) is 3.50. The fourth-order valence-electron chi connectivity index (χ4n) is 0.893. The molecule has 22 heavy (non-hydrogen) atoms. The molecule has 0 atom stereocenters. The summed E-state index contributed by atoms with van der Waals surface area (Å²) in [6.45, 7) is 0. The minimum atomic E-state index is -0.771. The Morgan fingerprint density at radius 2 is 0.955 bits per heavy atom. The average Bonchev–Trinajstić information content (AvgIpc) is 2.40. The first-order valence-corrected chi connectivity index (χ1v) is 5.79. The Bertz CT molecular complexity index is 635. The lowest BCUT2D eigenvalue weighted by Gasteiger charge is -1.98. The second-order valence-electron chi connectivity index (χ2n) is 2.90. The third kappa shape index (κ3) is 9.76. The van der Waals surface area contributed by atoms with Gasteiger partial charge in [0.2, 0.25) is 0 Å². The van der Waals surface area contributed by atoms with Gasteiger partial charge in [0.25, 0.3) is 11.1 Å². The van der Waals surface area contributed by atoms with Crippen LogP contribution in [-0.4, -0.2) is 34.0 Å². The Balaban J connectivity index is 0. The quantitative estimate of drug-likeness (QED) is 0.276. The summed E-state index contributed by atoms with van der Waals surface area (Å²) in [5, 5.41) is 20.5. The van der Waals surface area contributed by atoms with Gasteiger partial charge in [-0.3, -0.25) is 19.6 Å². The second kappa shape index (κ2) is 11.7. The van der Waals surface area contributed by atoms with Gasteiger partial charge in [-0.2, -0.15) is 0 Å². The van der Waals surface area contributed by atoms with Crippen LogP contribution in [0.5, 0.6) is 11.8 Å². The zero-order valence-electron chi connectivity index (χ0n) is 12.0. The molecule has 0 spiro atoms. The third-order valence-electron chi connectivity index (χ3n) is 1.47. The van der Waals surface area contributed by atoms with Gasteiger partial charge in [-0.1, -0.05) is 0 Å². The van der Waals surface area contributed by atoms with Gasteiger partial charge in [0.1, 0.15) is 0 Å². The monoisotopic (exact) mass is 318 g/mol. The Morgan fingerprint density at radius 1 is 0.682 bits per heavy atom. The fourth-order valence-corrected chi connectivity index (χ4v) is 0.893. The summed E-state index contributed by atoms with van der Waals surface area (Å²) >= 11 is 0. The number of aromatic amines is 4. The van der Waals surface area contributed by atoms with Crippen molar-refractivity contribution < 1.29 is 21.7 Å². The molecule has 0 amide bonds. The molecule has 0 bridgehead atoms. The summed E-state index contributed by atoms with van der Waals surface area (Å²) in [5.41, 5.74) is 3.60. The van der Waals surface area contributed by atoms with Gasteiger partial charge in [0, 0.05) is 12.1 Å². The SMILES string of the molecule is C[NH3+].C[NH3+].O=c1cc([O-])[nH]c(=O)[nH]1.O=c1cc([O-])[nH]c(=O)[nH]1. The van der Waals surface area contributed by atoms with Crippen molar-refractivity contribution in [2.75, 3.05) is 14.1 Å². The van der Waals surface area contributed by atoms with Crippen molar-refractivity contribution in [2.45, 2.75) is 0 Å². The highest BCUT2D eigenvalue weighted by Gasteiger charge is 1.82. The van der Waals surface area contributed by atoms with Crippen LogP contribution in [0.3, 0.4) is 0 Å². The van der Waals surface area contributed by atoms with Crippen molar-refractivity contribution >= 4 is 0 Å². The summed E-state index contributed by atoms with van der Waals surface area (Å²) < 4.78 is 0. The second-order valence-corrected chi connectivity index (χ2v) is 2.90. The van der Waals surface area contributed by atoms with E-state index in [4.69, 9.17) is 0 Å². The van der Waals surface area contributed by atoms with Gasteiger partial charge >= 0.3 is 11.4 Å². The minimum absolute atomic E-state index is 0.677. The lowest BCUT2D eigenvalue weighted by atomic mass is 10.6. The molecule has 0 aromatic carbocycles. The van der Waals surface area contributed by atoms with Crippen molar-refractivity contribution in [1.29, 1.82) is 0 Å². The lowest BCUT2D eigenvalue weighted by Crippen LogP contribution is -2.40. The van der Waals surface area contributed by atoms with E-state index in [0.29, 0.717) is 0 Å². The highest BCUT2D eigenvalue weighted by Crippen LogP contribution is 1.81. The van der Waals surface area contributed by atoms with Gasteiger partial charge in [-0.25, -0.2) is 9.59 Å². The molecule has 0 fully saturated rings. The van der Waals surface area contributed by atoms with E-state index in [9.17, 15) is 29.4 Å². The van der Waals surface area contributed by atoms with Crippen LogP contribution in [0.25, 0.3) is 0 Å². The summed E-state index contributed by atoms with van der Waals surface area (Å²) in [4.78, 5) is 48.2. The zero-order chi connectivity index (χ0) is 17.7. The highest BCUT2D eigenvalue weighted by molar-refractivity contribution is 5.00. The largest absolute Gasteiger partial charge is 0.860 e. The van der Waals surface area contributed by atoms with Gasteiger partial charge in [0.15, 0.2) is 0 Å². The smallest absolute Gasteiger partial charge is 0.325 e. The van der Waals surface area contributed by atoms with E-state index in [2.05, 4.69) is 11.5 Å². The molecule has 10 N–H and O–H groups in total. The standard InChI is InChI=1S/2C4H4N2O3.2CH5N/c2*7-2-1-3(8)6-4(9)5-2;2*1-2/h2*1H,(H3,5,6,7,8,9);2*2H2,1H3. The summed E-state index contributed by atoms with van der Waals surface area (Å²) in [5.74, 6) is -1.35. The van der Waals surface area contributed by atoms with E-state index in [1.807, 2.05) is 19.9 Å². The predicted molar refractivity (Wildman–Crippen MR) is 71.9 cm³/mol. The zero-order valence-corrected chi connectivity index (χ0v) is 12.0. The number of rotatable bonds is 0. The third-order valence-corrected chi connectivity index (χ3v) is 1.47. The summed E-state index contributed by atoms with van der Waals surface area (Å²) in [6.07, 6.45) is 0. The van der Waals surface area contributed by atoms with Crippen LogP contribution in [0.1, 0.15) is 0 Å². The first-order chi connectivity index (χ1) is 10.4. The topological polar surface area (TPSA) is 233 Å². The van der Waals surface area contributed by atoms with Crippen molar-refractivity contribution in [2.24, 2.45) is 0 Å². The minimum Gasteiger partial charge on any atom is -0.860 e. The molecule has 2 rings (SSSR count). The Kier molecular flexibility index (Phi) is 11.3. The first kappa shape index (κ1) is 21.2. The number of hydrogen-bond donors (Lipinski definition) is 6. The van der Waals surface area contributed by atoms with Gasteiger partial charge in [0.05, 0.1) is 14.1 Å². The number of aromatic nitrogens is 4. The Labute approximate surface area is 122 Å². The van der Waals surface area contributed by atoms with Crippen molar-refractivity contribution in [1.82, 2.24) is 19.9 Å². The molecule has 2 heterocycles. The molecule has 2 aromatic rings. The molecular weight excluding hydrogens is 300 g/mol. The number of nitrogens with one attached hydrogen (secondary N) is 4. The van der Waals surface area contributed by atoms with Crippen molar-refractivity contribution in [3.05, 3.63) is 53.8 Å². The van der Waals surface area contributed by atoms with Crippen LogP contribution in [0, 0.1) is 0 Å². The van der Waals surface area contributed by atoms with Crippen LogP contribution < -0.4 is 44.2 Å². The molecule has 0 unspecified atom stereocenters. The van der Waals surface area contributed by atoms with E-state index in [0.717, 1.165) is 12.1 Å². The summed E-state index contributed by atoms with van der Waals surface area (Å²) in [6, 6.07) is 1.53. The molecule has 0 aliphatic heterocycles. The molecule has 0 saturated heterocycles. The molecule has 12 nitrogen and oxygen atoms in total. The first-order valence-electron chi connectivity index (χ1n) is 5.79. The maximum Gasteiger partial charge on any atom is 0.325 e. The molecular formula is C10H18N6O6. The van der Waals surface area contributed by atoms with Crippen LogP contribution in [0.15, 0.2) is 31.3 Å². The van der Waals surface area contributed by atoms with Crippen molar-refractivity contribution in [3.63, 3.8) is 0 Å². The van der Waals surface area contributed by atoms with Crippen LogP contribution in [0.4, 0.5) is 0 Å². The molecule has 0 radical (unpaired) electrons. The molecule has 124 valence electrons. The van der Waals surface area contributed by atoms with Gasteiger partial charge in [-0.15, -0.1) is 0 Å². The molecule has 0 saturated carbocycles. The fraction of sp³-hybridized carbons (Fsp3) is 0.200. The number of hydrogen-bond acceptors (Lipinski definition) is 6.